The van der Waals surface area contributed by atoms with Crippen LogP contribution in [0.1, 0.15) is 50.6 Å². The molecule has 270 valence electrons. The maximum absolute atomic E-state index is 13.8. The number of fused-ring (bicyclic) bond motifs is 1. The van der Waals surface area contributed by atoms with E-state index in [9.17, 15) is 14.2 Å². The number of halogens is 1. The minimum atomic E-state index is -4.03. The molecule has 3 heterocycles. The number of phosphoric ester groups is 1. The fourth-order valence-corrected chi connectivity index (χ4v) is 8.98. The molecule has 1 aromatic heterocycles. The number of hydrogen-bond acceptors (Lipinski definition) is 11. The fraction of sp³-hybridized carbons (Fsp3) is 0.378. The molecule has 4 aromatic rings. The van der Waals surface area contributed by atoms with Crippen molar-refractivity contribution < 1.29 is 32.4 Å². The smallest absolute Gasteiger partial charge is 0.475 e. The van der Waals surface area contributed by atoms with Gasteiger partial charge in [-0.25, -0.2) is 9.36 Å². The average molecular weight is 754 g/mol. The van der Waals surface area contributed by atoms with Crippen LogP contribution >= 0.6 is 31.2 Å². The van der Waals surface area contributed by atoms with E-state index < -0.39 is 47.8 Å². The maximum Gasteiger partial charge on any atom is 0.475 e. The molecule has 0 amide bonds. The number of nitrogens with one attached hydrogen (secondary N) is 1. The van der Waals surface area contributed by atoms with Crippen molar-refractivity contribution in [3.8, 4) is 5.75 Å². The molecule has 14 heteroatoms. The van der Waals surface area contributed by atoms with Gasteiger partial charge in [0.25, 0.3) is 0 Å². The summed E-state index contributed by atoms with van der Waals surface area (Å²) in [6.07, 6.45) is -1.14. The number of phosphoric acid groups is 1. The van der Waals surface area contributed by atoms with Crippen LogP contribution in [-0.4, -0.2) is 57.8 Å². The molecule has 1 unspecified atom stereocenters. The number of ether oxygens (including phenoxy) is 2. The highest BCUT2D eigenvalue weighted by Crippen LogP contribution is 2.60. The van der Waals surface area contributed by atoms with Crippen LogP contribution in [0.25, 0.3) is 0 Å². The second-order valence-electron chi connectivity index (χ2n) is 13.5. The van der Waals surface area contributed by atoms with E-state index in [1.54, 1.807) is 26.3 Å². The summed E-state index contributed by atoms with van der Waals surface area (Å²) < 4.78 is 43.2. The number of methoxy groups -OCH3 is 1. The highest BCUT2D eigenvalue weighted by atomic mass is 35.5. The summed E-state index contributed by atoms with van der Waals surface area (Å²) in [4.78, 5) is 29.1. The van der Waals surface area contributed by atoms with Crippen LogP contribution in [0, 0.1) is 5.41 Å². The number of aromatic nitrogens is 2. The second kappa shape index (κ2) is 14.9. The van der Waals surface area contributed by atoms with Gasteiger partial charge in [-0.15, -0.1) is 11.6 Å². The predicted molar refractivity (Wildman–Crippen MR) is 197 cm³/mol. The van der Waals surface area contributed by atoms with Gasteiger partial charge in [-0.3, -0.25) is 22.9 Å². The molecule has 3 aromatic carbocycles. The van der Waals surface area contributed by atoms with Crippen molar-refractivity contribution >= 4 is 42.1 Å². The summed E-state index contributed by atoms with van der Waals surface area (Å²) in [7, 11) is -2.41. The average Bonchev–Trinajstić information content (AvgIpc) is 3.38. The Hall–Kier alpha value is -3.48. The summed E-state index contributed by atoms with van der Waals surface area (Å²) >= 11 is 8.15. The molecular formula is C37H41ClN3O8PS. The van der Waals surface area contributed by atoms with Crippen molar-refractivity contribution in [1.82, 2.24) is 9.55 Å². The van der Waals surface area contributed by atoms with Gasteiger partial charge >= 0.3 is 13.5 Å². The van der Waals surface area contributed by atoms with Crippen LogP contribution in [0.3, 0.4) is 0 Å². The van der Waals surface area contributed by atoms with Crippen LogP contribution < -0.4 is 15.7 Å². The highest BCUT2D eigenvalue weighted by Gasteiger charge is 2.60. The van der Waals surface area contributed by atoms with Crippen molar-refractivity contribution in [1.29, 1.82) is 0 Å². The fourth-order valence-electron chi connectivity index (χ4n) is 6.20. The summed E-state index contributed by atoms with van der Waals surface area (Å²) in [6, 6.07) is 29.3. The Kier molecular flexibility index (Phi) is 10.9. The molecule has 6 rings (SSSR count). The molecule has 2 aliphatic heterocycles. The molecule has 0 saturated carbocycles. The van der Waals surface area contributed by atoms with Gasteiger partial charge in [-0.1, -0.05) is 105 Å². The zero-order valence-corrected chi connectivity index (χ0v) is 31.5. The molecular weight excluding hydrogens is 713 g/mol. The van der Waals surface area contributed by atoms with E-state index in [0.717, 1.165) is 28.5 Å². The van der Waals surface area contributed by atoms with Crippen LogP contribution in [-0.2, 0) is 33.2 Å². The van der Waals surface area contributed by atoms with E-state index in [0.29, 0.717) is 11.6 Å². The minimum Gasteiger partial charge on any atom is -0.497 e. The van der Waals surface area contributed by atoms with Crippen molar-refractivity contribution in [3.63, 3.8) is 0 Å². The monoisotopic (exact) mass is 753 g/mol. The summed E-state index contributed by atoms with van der Waals surface area (Å²) in [5, 5.41) is 3.59. The minimum absolute atomic E-state index is 0.0119. The summed E-state index contributed by atoms with van der Waals surface area (Å²) in [5.41, 5.74) is 0.651. The van der Waals surface area contributed by atoms with Gasteiger partial charge in [-0.05, 0) is 41.8 Å². The molecule has 2 saturated heterocycles. The number of anilines is 1. The van der Waals surface area contributed by atoms with Crippen LogP contribution in [0.4, 0.5) is 5.82 Å². The maximum atomic E-state index is 13.8. The van der Waals surface area contributed by atoms with E-state index in [2.05, 4.69) is 10.3 Å². The molecule has 1 N–H and O–H groups in total. The van der Waals surface area contributed by atoms with E-state index in [4.69, 9.17) is 34.6 Å². The molecule has 5 atom stereocenters. The molecule has 2 fully saturated rings. The van der Waals surface area contributed by atoms with Gasteiger partial charge in [0.1, 0.15) is 34.2 Å². The topological polar surface area (TPSA) is 127 Å². The number of nitrogens with zero attached hydrogens (tertiary/aromatic N) is 2. The largest absolute Gasteiger partial charge is 0.497 e. The molecule has 51 heavy (non-hydrogen) atoms. The zero-order chi connectivity index (χ0) is 36.4. The second-order valence-corrected chi connectivity index (χ2v) is 17.0. The summed E-state index contributed by atoms with van der Waals surface area (Å²) in [6.45, 7) is 6.96. The Morgan fingerprint density at radius 3 is 2.20 bits per heavy atom. The van der Waals surface area contributed by atoms with Gasteiger partial charge in [0.2, 0.25) is 0 Å². The summed E-state index contributed by atoms with van der Waals surface area (Å²) in [5.74, 6) is 1.29. The van der Waals surface area contributed by atoms with Crippen molar-refractivity contribution in [2.24, 2.45) is 5.41 Å². The van der Waals surface area contributed by atoms with Crippen molar-refractivity contribution in [2.45, 2.75) is 56.5 Å². The Labute approximate surface area is 306 Å². The standard InChI is InChI=1S/C37H41ClN3O8PS/c1-35(2,3)33(42)51-23-22-46-50(44)47-24-29-31(49-50)36(4,38)32(48-29)41-21-20-30(39-34(41)43)40-37(25-12-8-6-9-13-25,26-14-10-7-11-15-26)27-16-18-28(45-5)19-17-27/h6-21,29,31-32H,22-24H2,1-5H3,(H,39,40,43)/t29-,31-,32-,36-,50?/m1/s1. The lowest BCUT2D eigenvalue weighted by molar-refractivity contribution is -0.117. The quantitative estimate of drug-likeness (QED) is 0.0713. The highest BCUT2D eigenvalue weighted by molar-refractivity contribution is 8.13. The normalized spacial score (nSPS) is 24.9. The number of rotatable bonds is 11. The lowest BCUT2D eigenvalue weighted by atomic mass is 9.77. The number of carbonyl (C=O) groups is 1. The van der Waals surface area contributed by atoms with E-state index in [-0.39, 0.29) is 24.1 Å². The molecule has 0 bridgehead atoms. The number of benzene rings is 3. The van der Waals surface area contributed by atoms with Gasteiger partial charge in [0, 0.05) is 17.4 Å². The Morgan fingerprint density at radius 1 is 1.02 bits per heavy atom. The molecule has 0 spiro atoms. The van der Waals surface area contributed by atoms with Gasteiger partial charge in [0.05, 0.1) is 20.3 Å². The molecule has 11 nitrogen and oxygen atoms in total. The van der Waals surface area contributed by atoms with Crippen LogP contribution in [0.5, 0.6) is 5.75 Å². The SMILES string of the molecule is COc1ccc(C(Nc2ccn([C@@H]3O[C@@H]4COP(=O)(OCCSC(=O)C(C)(C)C)O[C@H]4[C@@]3(C)Cl)c(=O)n2)(c2ccccc2)c2ccccc2)cc1. The Bertz CT molecular complexity index is 1900. The molecule has 0 radical (unpaired) electrons. The number of thioether (sulfide) groups is 1. The molecule has 2 aliphatic rings. The van der Waals surface area contributed by atoms with Gasteiger partial charge in [0.15, 0.2) is 11.3 Å². The first-order valence-electron chi connectivity index (χ1n) is 16.5. The van der Waals surface area contributed by atoms with E-state index >= 15 is 0 Å². The number of carbonyl (C=O) groups excluding carboxylic acids is 1. The third-order valence-corrected chi connectivity index (χ3v) is 11.9. The zero-order valence-electron chi connectivity index (χ0n) is 29.0. The first kappa shape index (κ1) is 37.3. The van der Waals surface area contributed by atoms with Crippen molar-refractivity contribution in [2.75, 3.05) is 31.4 Å². The molecule has 0 aliphatic carbocycles. The lowest BCUT2D eigenvalue weighted by Crippen LogP contribution is -2.45. The first-order valence-corrected chi connectivity index (χ1v) is 19.3. The first-order chi connectivity index (χ1) is 24.3. The van der Waals surface area contributed by atoms with Crippen LogP contribution in [0.2, 0.25) is 0 Å². The van der Waals surface area contributed by atoms with E-state index in [1.807, 2.05) is 106 Å². The number of hydrogen-bond donors (Lipinski definition) is 1. The van der Waals surface area contributed by atoms with E-state index in [1.165, 1.54) is 4.57 Å². The lowest BCUT2D eigenvalue weighted by Gasteiger charge is -2.37. The van der Waals surface area contributed by atoms with Gasteiger partial charge in [-0.2, -0.15) is 4.98 Å². The Balaban J connectivity index is 1.26. The third kappa shape index (κ3) is 7.69. The van der Waals surface area contributed by atoms with Crippen LogP contribution in [0.15, 0.2) is 102 Å². The number of alkyl halides is 1. The van der Waals surface area contributed by atoms with Crippen molar-refractivity contribution in [3.05, 3.63) is 124 Å². The predicted octanol–water partition coefficient (Wildman–Crippen LogP) is 7.40. The Morgan fingerprint density at radius 2 is 1.63 bits per heavy atom. The third-order valence-electron chi connectivity index (χ3n) is 8.83. The van der Waals surface area contributed by atoms with Gasteiger partial charge < -0.3 is 14.8 Å².